The van der Waals surface area contributed by atoms with Gasteiger partial charge in [-0.3, -0.25) is 4.90 Å². The van der Waals surface area contributed by atoms with Gasteiger partial charge in [-0.1, -0.05) is 0 Å². The van der Waals surface area contributed by atoms with Crippen LogP contribution >= 0.6 is 11.6 Å². The summed E-state index contributed by atoms with van der Waals surface area (Å²) in [5.41, 5.74) is 0. The van der Waals surface area contributed by atoms with Crippen molar-refractivity contribution in [2.75, 3.05) is 25.6 Å². The summed E-state index contributed by atoms with van der Waals surface area (Å²) in [4.78, 5) is 23.9. The van der Waals surface area contributed by atoms with Gasteiger partial charge in [-0.2, -0.15) is 5.01 Å². The zero-order chi connectivity index (χ0) is 16.9. The fourth-order valence-corrected chi connectivity index (χ4v) is 2.32. The first-order valence-corrected chi connectivity index (χ1v) is 7.24. The maximum absolute atomic E-state index is 12.2. The maximum Gasteiger partial charge on any atom is 0.345 e. The van der Waals surface area contributed by atoms with Crippen molar-refractivity contribution in [3.8, 4) is 0 Å². The number of carbonyl (C=O) groups excluding carboxylic acids is 1. The van der Waals surface area contributed by atoms with Crippen LogP contribution in [-0.2, 0) is 4.74 Å². The van der Waals surface area contributed by atoms with Gasteiger partial charge in [-0.05, 0) is 6.92 Å². The van der Waals surface area contributed by atoms with Crippen molar-refractivity contribution in [2.45, 2.75) is 37.6 Å². The van der Waals surface area contributed by atoms with Crippen LogP contribution in [0.1, 0.15) is 6.92 Å². The summed E-state index contributed by atoms with van der Waals surface area (Å²) in [7, 11) is 0. The Labute approximate surface area is 131 Å². The molecular formula is C11H20ClN3O7. The van der Waals surface area contributed by atoms with Crippen molar-refractivity contribution >= 4 is 17.6 Å². The van der Waals surface area contributed by atoms with E-state index in [0.717, 1.165) is 4.90 Å². The molecular weight excluding hydrogens is 322 g/mol. The van der Waals surface area contributed by atoms with Gasteiger partial charge in [0, 0.05) is 12.4 Å². The van der Waals surface area contributed by atoms with E-state index < -0.39 is 43.3 Å². The summed E-state index contributed by atoms with van der Waals surface area (Å²) in [6.45, 7) is 0.821. The summed E-state index contributed by atoms with van der Waals surface area (Å²) in [5.74, 6) is -0.0241. The average molecular weight is 342 g/mol. The number of nitroso groups, excluding NO2 is 1. The number of nitrogens with zero attached hydrogens (tertiary/aromatic N) is 3. The van der Waals surface area contributed by atoms with E-state index in [0.29, 0.717) is 5.01 Å². The number of hydrogen-bond acceptors (Lipinski definition) is 8. The van der Waals surface area contributed by atoms with E-state index in [1.54, 1.807) is 6.92 Å². The molecule has 22 heavy (non-hydrogen) atoms. The number of urea groups is 1. The molecule has 10 nitrogen and oxygen atoms in total. The van der Waals surface area contributed by atoms with Crippen molar-refractivity contribution in [1.82, 2.24) is 9.91 Å². The second-order valence-electron chi connectivity index (χ2n) is 4.68. The molecule has 1 rings (SSSR count). The number of halogens is 1. The lowest BCUT2D eigenvalue weighted by molar-refractivity contribution is -0.257. The van der Waals surface area contributed by atoms with Crippen LogP contribution in [-0.4, -0.2) is 92.6 Å². The van der Waals surface area contributed by atoms with Crippen LogP contribution in [0.3, 0.4) is 0 Å². The van der Waals surface area contributed by atoms with Gasteiger partial charge in [-0.15, -0.1) is 16.5 Å². The molecule has 1 aliphatic rings. The van der Waals surface area contributed by atoms with Gasteiger partial charge < -0.3 is 25.2 Å². The van der Waals surface area contributed by atoms with Crippen molar-refractivity contribution in [1.29, 1.82) is 0 Å². The third kappa shape index (κ3) is 3.83. The molecule has 0 aromatic heterocycles. The van der Waals surface area contributed by atoms with Crippen LogP contribution in [0.5, 0.6) is 0 Å². The highest BCUT2D eigenvalue weighted by Gasteiger charge is 2.47. The van der Waals surface area contributed by atoms with Crippen molar-refractivity contribution < 1.29 is 30.0 Å². The molecule has 0 spiro atoms. The van der Waals surface area contributed by atoms with Crippen LogP contribution in [0.25, 0.3) is 0 Å². The summed E-state index contributed by atoms with van der Waals surface area (Å²) >= 11 is 5.47. The van der Waals surface area contributed by atoms with Gasteiger partial charge in [0.2, 0.25) is 0 Å². The number of ether oxygens (including phenoxy) is 1. The van der Waals surface area contributed by atoms with Gasteiger partial charge in [0.25, 0.3) is 0 Å². The molecule has 0 saturated carbocycles. The number of carbonyl (C=O) groups is 1. The molecule has 128 valence electrons. The molecule has 1 unspecified atom stereocenters. The highest BCUT2D eigenvalue weighted by atomic mass is 35.5. The Morgan fingerprint density at radius 2 is 1.91 bits per heavy atom. The predicted octanol–water partition coefficient (Wildman–Crippen LogP) is -1.55. The van der Waals surface area contributed by atoms with Crippen LogP contribution < -0.4 is 0 Å². The Morgan fingerprint density at radius 3 is 2.36 bits per heavy atom. The molecule has 0 aromatic carbocycles. The van der Waals surface area contributed by atoms with E-state index in [4.69, 9.17) is 21.4 Å². The monoisotopic (exact) mass is 341 g/mol. The molecule has 11 heteroatoms. The first-order valence-electron chi connectivity index (χ1n) is 6.70. The van der Waals surface area contributed by atoms with Crippen molar-refractivity contribution in [2.24, 2.45) is 5.29 Å². The minimum Gasteiger partial charge on any atom is -0.394 e. The van der Waals surface area contributed by atoms with Crippen molar-refractivity contribution in [3.05, 3.63) is 4.91 Å². The molecule has 0 aromatic rings. The van der Waals surface area contributed by atoms with Gasteiger partial charge in [0.1, 0.15) is 24.4 Å². The van der Waals surface area contributed by atoms with E-state index in [1.165, 1.54) is 0 Å². The Hall–Kier alpha value is -1.04. The SMILES string of the molecule is CCN(C(=O)N(CCCl)N=O)C1O[C@H](CO)[C@@H](O)[C@H](O)[C@H]1O. The molecule has 0 radical (unpaired) electrons. The third-order valence-corrected chi connectivity index (χ3v) is 3.55. The second kappa shape index (κ2) is 8.56. The van der Waals surface area contributed by atoms with Gasteiger partial charge in [0.15, 0.2) is 6.23 Å². The summed E-state index contributed by atoms with van der Waals surface area (Å²) < 4.78 is 5.27. The summed E-state index contributed by atoms with van der Waals surface area (Å²) in [6.07, 6.45) is -7.29. The number of likely N-dealkylation sites (N-methyl/N-ethyl adjacent to an activating group) is 1. The predicted molar refractivity (Wildman–Crippen MR) is 74.8 cm³/mol. The van der Waals surface area contributed by atoms with E-state index >= 15 is 0 Å². The number of hydrogen-bond donors (Lipinski definition) is 4. The topological polar surface area (TPSA) is 143 Å². The maximum atomic E-state index is 12.2. The molecule has 0 aliphatic carbocycles. The average Bonchev–Trinajstić information content (AvgIpc) is 2.52. The first kappa shape index (κ1) is 19.0. The van der Waals surface area contributed by atoms with Crippen molar-refractivity contribution in [3.63, 3.8) is 0 Å². The first-order chi connectivity index (χ1) is 10.4. The Morgan fingerprint density at radius 1 is 1.27 bits per heavy atom. The lowest BCUT2D eigenvalue weighted by atomic mass is 9.98. The molecule has 1 saturated heterocycles. The Balaban J connectivity index is 2.96. The molecule has 2 amide bonds. The van der Waals surface area contributed by atoms with Crippen LogP contribution in [0.15, 0.2) is 5.29 Å². The molecule has 5 atom stereocenters. The lowest BCUT2D eigenvalue weighted by Gasteiger charge is -2.44. The van der Waals surface area contributed by atoms with Crippen LogP contribution in [0, 0.1) is 4.91 Å². The summed E-state index contributed by atoms with van der Waals surface area (Å²) in [6, 6.07) is -0.873. The molecule has 0 bridgehead atoms. The molecule has 1 heterocycles. The number of aliphatic hydroxyl groups is 4. The lowest BCUT2D eigenvalue weighted by Crippen LogP contribution is -2.65. The fraction of sp³-hybridized carbons (Fsp3) is 0.909. The van der Waals surface area contributed by atoms with Gasteiger partial charge in [-0.25, -0.2) is 4.79 Å². The number of alkyl halides is 1. The zero-order valence-electron chi connectivity index (χ0n) is 11.9. The second-order valence-corrected chi connectivity index (χ2v) is 5.06. The molecule has 1 fully saturated rings. The number of amides is 2. The van der Waals surface area contributed by atoms with Gasteiger partial charge >= 0.3 is 6.03 Å². The minimum absolute atomic E-state index is 0.0236. The molecule has 4 N–H and O–H groups in total. The number of rotatable bonds is 6. The smallest absolute Gasteiger partial charge is 0.345 e. The van der Waals surface area contributed by atoms with Crippen LogP contribution in [0.4, 0.5) is 4.79 Å². The normalized spacial score (nSPS) is 31.6. The quantitative estimate of drug-likeness (QED) is 0.260. The standard InChI is InChI=1S/C11H20ClN3O7/c1-2-14(11(20)15(13-21)4-3-12)10-9(19)8(18)7(17)6(5-16)22-10/h6-10,16-19H,2-5H2,1H3/t6-,7-,8+,9-,10?/m1/s1. The van der Waals surface area contributed by atoms with E-state index in [-0.39, 0.29) is 19.0 Å². The minimum atomic E-state index is -1.62. The van der Waals surface area contributed by atoms with Crippen LogP contribution in [0.2, 0.25) is 0 Å². The summed E-state index contributed by atoms with van der Waals surface area (Å²) in [5, 5.41) is 41.7. The molecule has 1 aliphatic heterocycles. The third-order valence-electron chi connectivity index (χ3n) is 3.38. The zero-order valence-corrected chi connectivity index (χ0v) is 12.7. The highest BCUT2D eigenvalue weighted by molar-refractivity contribution is 6.18. The van der Waals surface area contributed by atoms with E-state index in [2.05, 4.69) is 5.29 Å². The Kier molecular flexibility index (Phi) is 7.39. The largest absolute Gasteiger partial charge is 0.394 e. The Bertz CT molecular complexity index is 387. The fourth-order valence-electron chi connectivity index (χ4n) is 2.16. The van der Waals surface area contributed by atoms with Gasteiger partial charge in [0.05, 0.1) is 18.4 Å². The van der Waals surface area contributed by atoms with E-state index in [9.17, 15) is 25.0 Å². The number of aliphatic hydroxyl groups excluding tert-OH is 4. The highest BCUT2D eigenvalue weighted by Crippen LogP contribution is 2.24. The van der Waals surface area contributed by atoms with E-state index in [1.807, 2.05) is 0 Å².